The van der Waals surface area contributed by atoms with Crippen molar-refractivity contribution in [1.29, 1.82) is 0 Å². The van der Waals surface area contributed by atoms with Gasteiger partial charge in [0.1, 0.15) is 0 Å². The summed E-state index contributed by atoms with van der Waals surface area (Å²) in [4.78, 5) is 35.8. The van der Waals surface area contributed by atoms with Crippen molar-refractivity contribution >= 4 is 23.5 Å². The number of aryl methyl sites for hydroxylation is 1. The molecule has 1 aliphatic rings. The molecular weight excluding hydrogens is 284 g/mol. The molecule has 1 saturated heterocycles. The minimum atomic E-state index is -0.849. The second-order valence-corrected chi connectivity index (χ2v) is 5.41. The van der Waals surface area contributed by atoms with Crippen LogP contribution in [0.5, 0.6) is 0 Å². The number of hydrogen-bond acceptors (Lipinski definition) is 3. The number of piperidine rings is 1. The van der Waals surface area contributed by atoms with E-state index in [9.17, 15) is 14.4 Å². The van der Waals surface area contributed by atoms with Crippen LogP contribution in [-0.4, -0.2) is 40.9 Å². The summed E-state index contributed by atoms with van der Waals surface area (Å²) >= 11 is 0. The van der Waals surface area contributed by atoms with Gasteiger partial charge in [0.05, 0.1) is 6.54 Å². The zero-order chi connectivity index (χ0) is 15.9. The van der Waals surface area contributed by atoms with Gasteiger partial charge in [-0.15, -0.1) is 0 Å². The molecule has 0 spiro atoms. The Morgan fingerprint density at radius 2 is 2.09 bits per heavy atom. The molecule has 2 rings (SSSR count). The molecule has 6 heteroatoms. The topological polar surface area (TPSA) is 86.7 Å². The molecule has 6 nitrogen and oxygen atoms in total. The lowest BCUT2D eigenvalue weighted by molar-refractivity contribution is -0.137. The van der Waals surface area contributed by atoms with Crippen molar-refractivity contribution in [2.45, 2.75) is 32.1 Å². The number of amides is 2. The number of carbonyl (C=O) groups is 3. The van der Waals surface area contributed by atoms with Crippen LogP contribution in [0.2, 0.25) is 0 Å². The largest absolute Gasteiger partial charge is 0.481 e. The number of rotatable bonds is 6. The van der Waals surface area contributed by atoms with Gasteiger partial charge in [0.2, 0.25) is 11.8 Å². The van der Waals surface area contributed by atoms with Gasteiger partial charge in [-0.05, 0) is 37.0 Å². The molecule has 0 unspecified atom stereocenters. The molecule has 0 bridgehead atoms. The van der Waals surface area contributed by atoms with E-state index in [1.807, 2.05) is 6.07 Å². The van der Waals surface area contributed by atoms with Crippen molar-refractivity contribution in [3.8, 4) is 0 Å². The summed E-state index contributed by atoms with van der Waals surface area (Å²) in [7, 11) is 0. The van der Waals surface area contributed by atoms with E-state index in [2.05, 4.69) is 5.32 Å². The van der Waals surface area contributed by atoms with Crippen molar-refractivity contribution in [2.75, 3.05) is 18.4 Å². The van der Waals surface area contributed by atoms with Gasteiger partial charge in [0, 0.05) is 25.1 Å². The van der Waals surface area contributed by atoms with Crippen molar-refractivity contribution in [1.82, 2.24) is 4.90 Å². The Labute approximate surface area is 129 Å². The number of carboxylic acid groups (broad SMARTS) is 1. The fraction of sp³-hybridized carbons (Fsp3) is 0.438. The third-order valence-electron chi connectivity index (χ3n) is 3.59. The number of benzene rings is 1. The van der Waals surface area contributed by atoms with E-state index in [4.69, 9.17) is 5.11 Å². The number of nitrogens with one attached hydrogen (secondary N) is 1. The lowest BCUT2D eigenvalue weighted by Gasteiger charge is -2.26. The Kier molecular flexibility index (Phi) is 5.52. The van der Waals surface area contributed by atoms with Gasteiger partial charge in [-0.3, -0.25) is 14.4 Å². The third kappa shape index (κ3) is 4.87. The van der Waals surface area contributed by atoms with E-state index >= 15 is 0 Å². The van der Waals surface area contributed by atoms with Crippen molar-refractivity contribution in [3.05, 3.63) is 29.8 Å². The van der Waals surface area contributed by atoms with Crippen LogP contribution in [0, 0.1) is 0 Å². The summed E-state index contributed by atoms with van der Waals surface area (Å²) in [5, 5.41) is 11.4. The van der Waals surface area contributed by atoms with Crippen molar-refractivity contribution in [2.24, 2.45) is 0 Å². The van der Waals surface area contributed by atoms with Gasteiger partial charge in [-0.1, -0.05) is 12.1 Å². The predicted molar refractivity (Wildman–Crippen MR) is 81.5 cm³/mol. The molecule has 1 heterocycles. The first kappa shape index (κ1) is 16.0. The van der Waals surface area contributed by atoms with E-state index in [-0.39, 0.29) is 24.8 Å². The number of hydrogen-bond donors (Lipinski definition) is 2. The Morgan fingerprint density at radius 3 is 2.82 bits per heavy atom. The van der Waals surface area contributed by atoms with Crippen LogP contribution >= 0.6 is 0 Å². The molecule has 0 radical (unpaired) electrons. The van der Waals surface area contributed by atoms with Crippen LogP contribution < -0.4 is 5.32 Å². The first-order valence-corrected chi connectivity index (χ1v) is 7.43. The van der Waals surface area contributed by atoms with E-state index in [1.54, 1.807) is 23.1 Å². The maximum atomic E-state index is 12.0. The van der Waals surface area contributed by atoms with Gasteiger partial charge in [-0.25, -0.2) is 0 Å². The highest BCUT2D eigenvalue weighted by Gasteiger charge is 2.20. The Bertz CT molecular complexity index is 571. The molecular formula is C16H20N2O4. The molecule has 1 aromatic rings. The second kappa shape index (κ2) is 7.59. The number of carboxylic acids is 1. The van der Waals surface area contributed by atoms with Gasteiger partial charge in [-0.2, -0.15) is 0 Å². The molecule has 1 aliphatic heterocycles. The van der Waals surface area contributed by atoms with Crippen molar-refractivity contribution < 1.29 is 19.5 Å². The maximum Gasteiger partial charge on any atom is 0.303 e. The number of likely N-dealkylation sites (tertiary alicyclic amines) is 1. The van der Waals surface area contributed by atoms with Crippen LogP contribution in [0.15, 0.2) is 24.3 Å². The second-order valence-electron chi connectivity index (χ2n) is 5.41. The smallest absolute Gasteiger partial charge is 0.303 e. The lowest BCUT2D eigenvalue weighted by Crippen LogP contribution is -2.40. The highest BCUT2D eigenvalue weighted by atomic mass is 16.4. The standard InChI is InChI=1S/C16H20N2O4/c19-14(11-18-9-2-1-6-15(18)20)17-13-5-3-4-12(10-13)7-8-16(21)22/h3-5,10H,1-2,6-9,11H2,(H,17,19)(H,21,22). The Hall–Kier alpha value is -2.37. The van der Waals surface area contributed by atoms with Gasteiger partial charge in [0.25, 0.3) is 0 Å². The monoisotopic (exact) mass is 304 g/mol. The summed E-state index contributed by atoms with van der Waals surface area (Å²) < 4.78 is 0. The third-order valence-corrected chi connectivity index (χ3v) is 3.59. The molecule has 118 valence electrons. The quantitative estimate of drug-likeness (QED) is 0.836. The summed E-state index contributed by atoms with van der Waals surface area (Å²) in [6.07, 6.45) is 2.81. The Morgan fingerprint density at radius 1 is 1.27 bits per heavy atom. The van der Waals surface area contributed by atoms with Crippen LogP contribution in [0.3, 0.4) is 0 Å². The average Bonchev–Trinajstić information content (AvgIpc) is 2.48. The molecule has 0 atom stereocenters. The van der Waals surface area contributed by atoms with Gasteiger partial charge in [0.15, 0.2) is 0 Å². The average molecular weight is 304 g/mol. The minimum Gasteiger partial charge on any atom is -0.481 e. The number of nitrogens with zero attached hydrogens (tertiary/aromatic N) is 1. The predicted octanol–water partition coefficient (Wildman–Crippen LogP) is 1.65. The lowest BCUT2D eigenvalue weighted by atomic mass is 10.1. The summed E-state index contributed by atoms with van der Waals surface area (Å²) in [6, 6.07) is 7.12. The van der Waals surface area contributed by atoms with Crippen LogP contribution in [-0.2, 0) is 20.8 Å². The van der Waals surface area contributed by atoms with Gasteiger partial charge < -0.3 is 15.3 Å². The SMILES string of the molecule is O=C(O)CCc1cccc(NC(=O)CN2CCCCC2=O)c1. The van der Waals surface area contributed by atoms with E-state index in [0.29, 0.717) is 25.1 Å². The maximum absolute atomic E-state index is 12.0. The van der Waals surface area contributed by atoms with Crippen LogP contribution in [0.1, 0.15) is 31.2 Å². The number of anilines is 1. The molecule has 0 aliphatic carbocycles. The number of aliphatic carboxylic acids is 1. The summed E-state index contributed by atoms with van der Waals surface area (Å²) in [5.41, 5.74) is 1.48. The zero-order valence-corrected chi connectivity index (χ0v) is 12.4. The zero-order valence-electron chi connectivity index (χ0n) is 12.4. The molecule has 2 amide bonds. The Balaban J connectivity index is 1.89. The van der Waals surface area contributed by atoms with Gasteiger partial charge >= 0.3 is 5.97 Å². The molecule has 22 heavy (non-hydrogen) atoms. The van der Waals surface area contributed by atoms with E-state index in [0.717, 1.165) is 18.4 Å². The minimum absolute atomic E-state index is 0.0246. The van der Waals surface area contributed by atoms with E-state index < -0.39 is 5.97 Å². The highest BCUT2D eigenvalue weighted by molar-refractivity contribution is 5.94. The van der Waals surface area contributed by atoms with E-state index in [1.165, 1.54) is 0 Å². The molecule has 1 aromatic carbocycles. The number of carbonyl (C=O) groups excluding carboxylic acids is 2. The normalized spacial score (nSPS) is 14.7. The molecule has 0 aromatic heterocycles. The fourth-order valence-electron chi connectivity index (χ4n) is 2.46. The molecule has 1 fully saturated rings. The van der Waals surface area contributed by atoms with Crippen LogP contribution in [0.4, 0.5) is 5.69 Å². The molecule has 0 saturated carbocycles. The van der Waals surface area contributed by atoms with Crippen LogP contribution in [0.25, 0.3) is 0 Å². The van der Waals surface area contributed by atoms with Crippen molar-refractivity contribution in [3.63, 3.8) is 0 Å². The summed E-state index contributed by atoms with van der Waals surface area (Å²) in [5.74, 6) is -1.06. The first-order chi connectivity index (χ1) is 10.5. The fourth-order valence-corrected chi connectivity index (χ4v) is 2.46. The molecule has 2 N–H and O–H groups in total. The highest BCUT2D eigenvalue weighted by Crippen LogP contribution is 2.14. The first-order valence-electron chi connectivity index (χ1n) is 7.43. The summed E-state index contributed by atoms with van der Waals surface area (Å²) in [6.45, 7) is 0.698.